The number of likely N-dealkylation sites (tertiary alicyclic amines) is 1. The molecule has 26 heavy (non-hydrogen) atoms. The second kappa shape index (κ2) is 7.81. The van der Waals surface area contributed by atoms with Gasteiger partial charge in [0, 0.05) is 23.9 Å². The summed E-state index contributed by atoms with van der Waals surface area (Å²) in [6.45, 7) is 4.82. The highest BCUT2D eigenvalue weighted by molar-refractivity contribution is 5.97. The highest BCUT2D eigenvalue weighted by atomic mass is 19.3. The molecule has 1 N–H and O–H groups in total. The Labute approximate surface area is 152 Å². The van der Waals surface area contributed by atoms with Crippen molar-refractivity contribution in [3.63, 3.8) is 0 Å². The number of alkyl halides is 2. The van der Waals surface area contributed by atoms with Crippen molar-refractivity contribution in [1.82, 2.24) is 15.2 Å². The fourth-order valence-electron chi connectivity index (χ4n) is 2.94. The van der Waals surface area contributed by atoms with Crippen LogP contribution in [-0.2, 0) is 11.2 Å². The lowest BCUT2D eigenvalue weighted by Crippen LogP contribution is -2.48. The van der Waals surface area contributed by atoms with Gasteiger partial charge in [0.2, 0.25) is 5.91 Å². The van der Waals surface area contributed by atoms with E-state index in [-0.39, 0.29) is 0 Å². The Bertz CT molecular complexity index is 728. The second-order valence-electron chi connectivity index (χ2n) is 7.04. The third-order valence-electron chi connectivity index (χ3n) is 4.16. The van der Waals surface area contributed by atoms with E-state index in [2.05, 4.69) is 16.2 Å². The molecule has 1 aliphatic rings. The van der Waals surface area contributed by atoms with Crippen LogP contribution >= 0.6 is 0 Å². The number of rotatable bonds is 5. The molecule has 2 atom stereocenters. The van der Waals surface area contributed by atoms with Crippen molar-refractivity contribution in [2.24, 2.45) is 5.92 Å². The number of aromatic nitrogens is 1. The van der Waals surface area contributed by atoms with Crippen LogP contribution in [0.1, 0.15) is 43.2 Å². The van der Waals surface area contributed by atoms with E-state index in [1.54, 1.807) is 12.1 Å². The summed E-state index contributed by atoms with van der Waals surface area (Å²) in [6.07, 6.45) is 6.96. The number of pyridine rings is 1. The zero-order chi connectivity index (χ0) is 19.5. The van der Waals surface area contributed by atoms with Crippen molar-refractivity contribution in [1.29, 1.82) is 0 Å². The van der Waals surface area contributed by atoms with E-state index in [4.69, 9.17) is 6.42 Å². The van der Waals surface area contributed by atoms with Gasteiger partial charge >= 0.3 is 0 Å². The number of halogens is 2. The van der Waals surface area contributed by atoms with Crippen molar-refractivity contribution >= 4 is 11.8 Å². The maximum atomic E-state index is 13.5. The molecular formula is C19H23F2N3O2. The molecule has 1 aliphatic heterocycles. The van der Waals surface area contributed by atoms with Gasteiger partial charge in [0.25, 0.3) is 11.8 Å². The Kier molecular flexibility index (Phi) is 5.96. The molecule has 0 aliphatic carbocycles. The van der Waals surface area contributed by atoms with Crippen molar-refractivity contribution in [3.05, 3.63) is 29.6 Å². The lowest BCUT2D eigenvalue weighted by molar-refractivity contribution is -0.134. The molecular weight excluding hydrogens is 340 g/mol. The van der Waals surface area contributed by atoms with Crippen molar-refractivity contribution < 1.29 is 18.4 Å². The fraction of sp³-hybridized carbons (Fsp3) is 0.526. The Balaban J connectivity index is 2.05. The number of carbonyl (C=O) groups is 2. The van der Waals surface area contributed by atoms with Gasteiger partial charge in [-0.15, -0.1) is 6.42 Å². The Morgan fingerprint density at radius 2 is 2.15 bits per heavy atom. The minimum absolute atomic E-state index is 0.371. The molecule has 0 aromatic carbocycles. The molecule has 0 bridgehead atoms. The molecule has 0 unspecified atom stereocenters. The molecule has 1 saturated heterocycles. The highest BCUT2D eigenvalue weighted by Gasteiger charge is 2.47. The number of amides is 2. The molecule has 1 fully saturated rings. The van der Waals surface area contributed by atoms with Gasteiger partial charge in [-0.2, -0.15) is 0 Å². The number of terminal acetylenes is 1. The summed E-state index contributed by atoms with van der Waals surface area (Å²) in [7, 11) is 0. The van der Waals surface area contributed by atoms with Gasteiger partial charge in [0.15, 0.2) is 0 Å². The van der Waals surface area contributed by atoms with Gasteiger partial charge in [-0.1, -0.05) is 19.8 Å². The van der Waals surface area contributed by atoms with E-state index in [1.165, 1.54) is 13.1 Å². The van der Waals surface area contributed by atoms with Gasteiger partial charge in [0.1, 0.15) is 6.04 Å². The number of nitrogens with one attached hydrogen (secondary N) is 1. The maximum Gasteiger partial charge on any atom is 0.268 e. The van der Waals surface area contributed by atoms with Gasteiger partial charge < -0.3 is 10.2 Å². The van der Waals surface area contributed by atoms with E-state index in [9.17, 15) is 18.4 Å². The van der Waals surface area contributed by atoms with Crippen LogP contribution in [0, 0.1) is 18.3 Å². The second-order valence-corrected chi connectivity index (χ2v) is 7.04. The third kappa shape index (κ3) is 4.78. The van der Waals surface area contributed by atoms with Crippen molar-refractivity contribution in [2.75, 3.05) is 6.54 Å². The maximum absolute atomic E-state index is 13.5. The Morgan fingerprint density at radius 3 is 2.77 bits per heavy atom. The number of nitrogens with zero attached hydrogens (tertiary/aromatic N) is 2. The minimum Gasteiger partial charge on any atom is -0.341 e. The molecule has 1 aromatic rings. The van der Waals surface area contributed by atoms with Crippen LogP contribution in [0.2, 0.25) is 0 Å². The van der Waals surface area contributed by atoms with Crippen LogP contribution in [0.25, 0.3) is 0 Å². The van der Waals surface area contributed by atoms with Gasteiger partial charge in [-0.25, -0.2) is 8.78 Å². The van der Waals surface area contributed by atoms with Crippen LogP contribution in [0.15, 0.2) is 18.3 Å². The van der Waals surface area contributed by atoms with Crippen molar-refractivity contribution in [2.45, 2.75) is 51.6 Å². The molecule has 0 saturated carbocycles. The molecule has 5 nitrogen and oxygen atoms in total. The van der Waals surface area contributed by atoms with E-state index >= 15 is 0 Å². The zero-order valence-electron chi connectivity index (χ0n) is 15.1. The number of hydrogen-bond acceptors (Lipinski definition) is 3. The predicted octanol–water partition coefficient (Wildman–Crippen LogP) is 2.27. The number of hydrogen-bond donors (Lipinski definition) is 1. The average Bonchev–Trinajstić information content (AvgIpc) is 2.88. The normalized spacial score (nSPS) is 19.9. The zero-order valence-corrected chi connectivity index (χ0v) is 15.1. The van der Waals surface area contributed by atoms with E-state index in [1.807, 2.05) is 13.8 Å². The highest BCUT2D eigenvalue weighted by Crippen LogP contribution is 2.32. The quantitative estimate of drug-likeness (QED) is 0.817. The first-order valence-electron chi connectivity index (χ1n) is 8.53. The fourth-order valence-corrected chi connectivity index (χ4v) is 2.94. The van der Waals surface area contributed by atoms with Crippen LogP contribution in [0.5, 0.6) is 0 Å². The first-order chi connectivity index (χ1) is 12.1. The molecule has 2 amide bonds. The summed E-state index contributed by atoms with van der Waals surface area (Å²) in [5, 5.41) is 2.55. The standard InChI is InChI=1S/C19H23F2N3O2/c1-5-16-10-19(20,21)11-24(16)18(26)13(4)23-17(25)14-6-7-22-15(9-14)8-12(2)3/h1,6-7,9,12-13,16H,8,10-11H2,2-4H3,(H,23,25)/t13-,16+/m0/s1. The van der Waals surface area contributed by atoms with Gasteiger partial charge in [-0.05, 0) is 31.4 Å². The largest absolute Gasteiger partial charge is 0.341 e. The molecule has 0 radical (unpaired) electrons. The molecule has 140 valence electrons. The first kappa shape index (κ1) is 19.8. The van der Waals surface area contributed by atoms with E-state index < -0.39 is 42.8 Å². The average molecular weight is 363 g/mol. The summed E-state index contributed by atoms with van der Waals surface area (Å²) < 4.78 is 27.1. The predicted molar refractivity (Wildman–Crippen MR) is 93.6 cm³/mol. The van der Waals surface area contributed by atoms with Crippen LogP contribution in [-0.4, -0.2) is 46.2 Å². The topological polar surface area (TPSA) is 62.3 Å². The Morgan fingerprint density at radius 1 is 1.46 bits per heavy atom. The number of carbonyl (C=O) groups excluding carboxylic acids is 2. The monoisotopic (exact) mass is 363 g/mol. The van der Waals surface area contributed by atoms with E-state index in [0.717, 1.165) is 17.0 Å². The minimum atomic E-state index is -3.01. The lowest BCUT2D eigenvalue weighted by Gasteiger charge is -2.24. The molecule has 7 heteroatoms. The summed E-state index contributed by atoms with van der Waals surface area (Å²) in [5.41, 5.74) is 1.15. The van der Waals surface area contributed by atoms with Crippen LogP contribution in [0.3, 0.4) is 0 Å². The molecule has 1 aromatic heterocycles. The Hall–Kier alpha value is -2.49. The SMILES string of the molecule is C#C[C@@H]1CC(F)(F)CN1C(=O)[C@H](C)NC(=O)c1ccnc(CC(C)C)c1. The lowest BCUT2D eigenvalue weighted by atomic mass is 10.1. The smallest absolute Gasteiger partial charge is 0.268 e. The summed E-state index contributed by atoms with van der Waals surface area (Å²) in [4.78, 5) is 30.0. The van der Waals surface area contributed by atoms with E-state index in [0.29, 0.717) is 11.5 Å². The van der Waals surface area contributed by atoms with Crippen molar-refractivity contribution in [3.8, 4) is 12.3 Å². The van der Waals surface area contributed by atoms with Crippen LogP contribution in [0.4, 0.5) is 8.78 Å². The third-order valence-corrected chi connectivity index (χ3v) is 4.16. The molecule has 0 spiro atoms. The first-order valence-corrected chi connectivity index (χ1v) is 8.53. The summed E-state index contributed by atoms with van der Waals surface area (Å²) in [5.74, 6) is -1.47. The molecule has 2 rings (SSSR count). The molecule has 2 heterocycles. The summed E-state index contributed by atoms with van der Waals surface area (Å²) >= 11 is 0. The van der Waals surface area contributed by atoms with Crippen LogP contribution < -0.4 is 5.32 Å². The van der Waals surface area contributed by atoms with Gasteiger partial charge in [0.05, 0.1) is 12.6 Å². The summed E-state index contributed by atoms with van der Waals surface area (Å²) in [6, 6.07) is 1.29. The van der Waals surface area contributed by atoms with Gasteiger partial charge in [-0.3, -0.25) is 14.6 Å².